The van der Waals surface area contributed by atoms with Gasteiger partial charge in [0.25, 0.3) is 11.8 Å². The predicted molar refractivity (Wildman–Crippen MR) is 97.2 cm³/mol. The molecule has 1 aromatic carbocycles. The van der Waals surface area contributed by atoms with E-state index in [1.165, 1.54) is 31.4 Å². The first-order chi connectivity index (χ1) is 13.0. The number of halogens is 1. The molecule has 0 spiro atoms. The molecule has 0 saturated heterocycles. The van der Waals surface area contributed by atoms with Crippen molar-refractivity contribution in [1.82, 2.24) is 9.80 Å². The molecular formula is C19H25FN2O5. The average Bonchev–Trinajstić information content (AvgIpc) is 2.91. The lowest BCUT2D eigenvalue weighted by atomic mass is 10.0. The smallest absolute Gasteiger partial charge is 0.277 e. The quantitative estimate of drug-likeness (QED) is 0.537. The first kappa shape index (κ1) is 21.0. The van der Waals surface area contributed by atoms with Crippen molar-refractivity contribution < 1.29 is 28.2 Å². The van der Waals surface area contributed by atoms with Gasteiger partial charge in [-0.25, -0.2) is 4.39 Å². The molecule has 0 N–H and O–H groups in total. The van der Waals surface area contributed by atoms with Crippen molar-refractivity contribution in [3.05, 3.63) is 41.3 Å². The number of methoxy groups -OCH3 is 3. The average molecular weight is 380 g/mol. The van der Waals surface area contributed by atoms with Gasteiger partial charge in [-0.05, 0) is 17.7 Å². The molecule has 0 bridgehead atoms. The van der Waals surface area contributed by atoms with Crippen molar-refractivity contribution in [2.45, 2.75) is 0 Å². The molecule has 7 nitrogen and oxygen atoms in total. The van der Waals surface area contributed by atoms with E-state index in [1.807, 2.05) is 0 Å². The molecule has 0 fully saturated rings. The number of benzene rings is 1. The van der Waals surface area contributed by atoms with Gasteiger partial charge in [-0.15, -0.1) is 0 Å². The van der Waals surface area contributed by atoms with Crippen molar-refractivity contribution in [1.29, 1.82) is 0 Å². The van der Waals surface area contributed by atoms with E-state index in [-0.39, 0.29) is 24.4 Å². The van der Waals surface area contributed by atoms with Gasteiger partial charge in [0.2, 0.25) is 0 Å². The van der Waals surface area contributed by atoms with Crippen LogP contribution in [0.1, 0.15) is 5.56 Å². The van der Waals surface area contributed by atoms with Crippen LogP contribution in [0.4, 0.5) is 4.39 Å². The predicted octanol–water partition coefficient (Wildman–Crippen LogP) is 1.15. The van der Waals surface area contributed by atoms with Crippen LogP contribution in [0.15, 0.2) is 30.0 Å². The van der Waals surface area contributed by atoms with Crippen LogP contribution in [0.5, 0.6) is 0 Å². The molecule has 1 aliphatic rings. The van der Waals surface area contributed by atoms with E-state index in [9.17, 15) is 14.0 Å². The lowest BCUT2D eigenvalue weighted by Gasteiger charge is -2.25. The Bertz CT molecular complexity index is 682. The normalized spacial score (nSPS) is 14.4. The SMILES string of the molecule is COCCN(CCOC)C1=C(c2ccc(F)cc2)C(=O)N(CCOC)C1=O. The Morgan fingerprint density at radius 3 is 1.96 bits per heavy atom. The molecule has 148 valence electrons. The summed E-state index contributed by atoms with van der Waals surface area (Å²) < 4.78 is 28.6. The minimum atomic E-state index is -0.418. The van der Waals surface area contributed by atoms with Gasteiger partial charge in [0.1, 0.15) is 11.5 Å². The van der Waals surface area contributed by atoms with Crippen LogP contribution in [0.2, 0.25) is 0 Å². The van der Waals surface area contributed by atoms with Crippen LogP contribution >= 0.6 is 0 Å². The maximum Gasteiger partial charge on any atom is 0.277 e. The molecular weight excluding hydrogens is 355 g/mol. The fourth-order valence-electron chi connectivity index (χ4n) is 2.86. The molecule has 0 aromatic heterocycles. The van der Waals surface area contributed by atoms with Crippen LogP contribution in [0, 0.1) is 5.82 Å². The Hall–Kier alpha value is -2.29. The number of ether oxygens (including phenoxy) is 3. The zero-order valence-electron chi connectivity index (χ0n) is 15.9. The Balaban J connectivity index is 2.48. The summed E-state index contributed by atoms with van der Waals surface area (Å²) in [5.74, 6) is -1.23. The highest BCUT2D eigenvalue weighted by atomic mass is 19.1. The maximum absolute atomic E-state index is 13.3. The van der Waals surface area contributed by atoms with Gasteiger partial charge in [-0.1, -0.05) is 12.1 Å². The maximum atomic E-state index is 13.3. The largest absolute Gasteiger partial charge is 0.383 e. The van der Waals surface area contributed by atoms with Crippen molar-refractivity contribution in [2.75, 3.05) is 60.8 Å². The first-order valence-corrected chi connectivity index (χ1v) is 8.63. The fraction of sp³-hybridized carbons (Fsp3) is 0.474. The minimum Gasteiger partial charge on any atom is -0.383 e. The summed E-state index contributed by atoms with van der Waals surface area (Å²) >= 11 is 0. The van der Waals surface area contributed by atoms with Gasteiger partial charge < -0.3 is 19.1 Å². The number of carbonyl (C=O) groups is 2. The zero-order valence-corrected chi connectivity index (χ0v) is 15.9. The first-order valence-electron chi connectivity index (χ1n) is 8.63. The van der Waals surface area contributed by atoms with Crippen molar-refractivity contribution >= 4 is 17.4 Å². The second-order valence-corrected chi connectivity index (χ2v) is 5.96. The van der Waals surface area contributed by atoms with E-state index >= 15 is 0 Å². The Morgan fingerprint density at radius 1 is 0.889 bits per heavy atom. The second kappa shape index (κ2) is 10.1. The van der Waals surface area contributed by atoms with Gasteiger partial charge in [-0.3, -0.25) is 14.5 Å². The molecule has 8 heteroatoms. The molecule has 0 saturated carbocycles. The van der Waals surface area contributed by atoms with Gasteiger partial charge in [0.05, 0.1) is 31.9 Å². The summed E-state index contributed by atoms with van der Waals surface area (Å²) in [5, 5.41) is 0. The topological polar surface area (TPSA) is 68.3 Å². The number of hydrogen-bond acceptors (Lipinski definition) is 6. The van der Waals surface area contributed by atoms with Crippen molar-refractivity contribution in [2.24, 2.45) is 0 Å². The summed E-state index contributed by atoms with van der Waals surface area (Å²) in [6.07, 6.45) is 0. The third kappa shape index (κ3) is 4.91. The lowest BCUT2D eigenvalue weighted by molar-refractivity contribution is -0.138. The van der Waals surface area contributed by atoms with E-state index in [2.05, 4.69) is 0 Å². The summed E-state index contributed by atoms with van der Waals surface area (Å²) in [6, 6.07) is 5.54. The molecule has 27 heavy (non-hydrogen) atoms. The molecule has 0 aliphatic carbocycles. The Labute approximate surface area is 158 Å². The molecule has 0 atom stereocenters. The highest BCUT2D eigenvalue weighted by Crippen LogP contribution is 2.31. The third-order valence-electron chi connectivity index (χ3n) is 4.24. The standard InChI is InChI=1S/C19H25FN2O5/c1-25-11-8-21(9-12-26-2)17-16(14-4-6-15(20)7-5-14)18(23)22(19(17)24)10-13-27-3/h4-7H,8-13H2,1-3H3. The van der Waals surface area contributed by atoms with Gasteiger partial charge >= 0.3 is 0 Å². The molecule has 1 aliphatic heterocycles. The molecule has 0 unspecified atom stereocenters. The van der Waals surface area contributed by atoms with Crippen LogP contribution < -0.4 is 0 Å². The number of imide groups is 1. The van der Waals surface area contributed by atoms with Gasteiger partial charge in [-0.2, -0.15) is 0 Å². The van der Waals surface area contributed by atoms with E-state index in [0.717, 1.165) is 4.90 Å². The molecule has 1 aromatic rings. The van der Waals surface area contributed by atoms with Crippen molar-refractivity contribution in [3.8, 4) is 0 Å². The van der Waals surface area contributed by atoms with Crippen molar-refractivity contribution in [3.63, 3.8) is 0 Å². The van der Waals surface area contributed by atoms with Crippen LogP contribution in [-0.2, 0) is 23.8 Å². The zero-order chi connectivity index (χ0) is 19.8. The van der Waals surface area contributed by atoms with E-state index < -0.39 is 17.6 Å². The van der Waals surface area contributed by atoms with Crippen LogP contribution in [0.25, 0.3) is 5.57 Å². The second-order valence-electron chi connectivity index (χ2n) is 5.96. The number of nitrogens with zero attached hydrogens (tertiary/aromatic N) is 2. The van der Waals surface area contributed by atoms with E-state index in [1.54, 1.807) is 19.1 Å². The minimum absolute atomic E-state index is 0.144. The molecule has 2 amide bonds. The fourth-order valence-corrected chi connectivity index (χ4v) is 2.86. The highest BCUT2D eigenvalue weighted by Gasteiger charge is 2.41. The number of carbonyl (C=O) groups excluding carboxylic acids is 2. The van der Waals surface area contributed by atoms with E-state index in [4.69, 9.17) is 14.2 Å². The molecule has 2 rings (SSSR count). The van der Waals surface area contributed by atoms with Crippen LogP contribution in [0.3, 0.4) is 0 Å². The number of amides is 2. The summed E-state index contributed by atoms with van der Waals surface area (Å²) in [5.41, 5.74) is 1.02. The monoisotopic (exact) mass is 380 g/mol. The number of rotatable bonds is 11. The summed E-state index contributed by atoms with van der Waals surface area (Å²) in [7, 11) is 4.64. The lowest BCUT2D eigenvalue weighted by Crippen LogP contribution is -2.39. The molecule has 1 heterocycles. The Morgan fingerprint density at radius 2 is 1.44 bits per heavy atom. The van der Waals surface area contributed by atoms with Crippen LogP contribution in [-0.4, -0.2) is 82.4 Å². The molecule has 0 radical (unpaired) electrons. The summed E-state index contributed by atoms with van der Waals surface area (Å²) in [6.45, 7) is 1.96. The third-order valence-corrected chi connectivity index (χ3v) is 4.24. The van der Waals surface area contributed by atoms with Gasteiger partial charge in [0, 0.05) is 34.4 Å². The number of hydrogen-bond donors (Lipinski definition) is 0. The van der Waals surface area contributed by atoms with Gasteiger partial charge in [0.15, 0.2) is 0 Å². The highest BCUT2D eigenvalue weighted by molar-refractivity contribution is 6.35. The Kier molecular flexibility index (Phi) is 7.90. The summed E-state index contributed by atoms with van der Waals surface area (Å²) in [4.78, 5) is 28.9. The van der Waals surface area contributed by atoms with E-state index in [0.29, 0.717) is 31.9 Å².